The molecule has 4 heteroatoms. The Labute approximate surface area is 75.9 Å². The lowest BCUT2D eigenvalue weighted by molar-refractivity contribution is -0.129. The maximum atomic E-state index is 10.3. The molecule has 68 valence electrons. The molecule has 0 saturated carbocycles. The zero-order chi connectivity index (χ0) is 9.68. The van der Waals surface area contributed by atoms with Crippen LogP contribution in [0, 0.1) is 0 Å². The molecule has 0 unspecified atom stereocenters. The van der Waals surface area contributed by atoms with Crippen molar-refractivity contribution in [2.75, 3.05) is 5.43 Å². The van der Waals surface area contributed by atoms with E-state index in [2.05, 4.69) is 10.5 Å². The number of hydrogen-bond donors (Lipinski definition) is 2. The number of rotatable bonds is 3. The van der Waals surface area contributed by atoms with E-state index in [9.17, 15) is 4.79 Å². The van der Waals surface area contributed by atoms with Gasteiger partial charge in [-0.1, -0.05) is 18.2 Å². The summed E-state index contributed by atoms with van der Waals surface area (Å²) in [6.45, 7) is 1.43. The summed E-state index contributed by atoms with van der Waals surface area (Å²) < 4.78 is 0. The summed E-state index contributed by atoms with van der Waals surface area (Å²) in [5.41, 5.74) is 3.43. The highest BCUT2D eigenvalue weighted by molar-refractivity contribution is 6.34. The highest BCUT2D eigenvalue weighted by Gasteiger charge is 1.99. The normalized spacial score (nSPS) is 11.0. The van der Waals surface area contributed by atoms with Gasteiger partial charge in [0.05, 0.1) is 5.69 Å². The molecular weight excluding hydrogens is 168 g/mol. The predicted molar refractivity (Wildman–Crippen MR) is 50.8 cm³/mol. The van der Waals surface area contributed by atoms with Crippen molar-refractivity contribution >= 4 is 17.4 Å². The number of nitrogens with zero attached hydrogens (tertiary/aromatic N) is 1. The average molecular weight is 178 g/mol. The molecule has 0 saturated heterocycles. The lowest BCUT2D eigenvalue weighted by Crippen LogP contribution is -2.10. The van der Waals surface area contributed by atoms with E-state index in [0.29, 0.717) is 0 Å². The molecule has 1 aromatic carbocycles. The van der Waals surface area contributed by atoms with E-state index in [1.165, 1.54) is 6.92 Å². The van der Waals surface area contributed by atoms with Crippen molar-refractivity contribution in [3.05, 3.63) is 30.3 Å². The first-order chi connectivity index (χ1) is 6.20. The lowest BCUT2D eigenvalue weighted by Gasteiger charge is -1.98. The van der Waals surface area contributed by atoms with Crippen LogP contribution in [0.4, 0.5) is 5.69 Å². The number of nitrogens with one attached hydrogen (secondary N) is 1. The summed E-state index contributed by atoms with van der Waals surface area (Å²) in [7, 11) is 0. The van der Waals surface area contributed by atoms with Gasteiger partial charge in [0.25, 0.3) is 0 Å². The smallest absolute Gasteiger partial charge is 0.351 e. The maximum Gasteiger partial charge on any atom is 0.351 e. The van der Waals surface area contributed by atoms with Crippen LogP contribution in [0.2, 0.25) is 0 Å². The van der Waals surface area contributed by atoms with Gasteiger partial charge in [-0.15, -0.1) is 0 Å². The van der Waals surface area contributed by atoms with Crippen molar-refractivity contribution in [3.8, 4) is 0 Å². The van der Waals surface area contributed by atoms with Crippen LogP contribution in [0.5, 0.6) is 0 Å². The van der Waals surface area contributed by atoms with E-state index in [1.807, 2.05) is 18.2 Å². The summed E-state index contributed by atoms with van der Waals surface area (Å²) in [5, 5.41) is 12.2. The van der Waals surface area contributed by atoms with Crippen LogP contribution in [0.1, 0.15) is 6.92 Å². The van der Waals surface area contributed by atoms with Crippen LogP contribution < -0.4 is 5.43 Å². The van der Waals surface area contributed by atoms with Gasteiger partial charge in [-0.3, -0.25) is 5.43 Å². The minimum atomic E-state index is -1.02. The van der Waals surface area contributed by atoms with Crippen molar-refractivity contribution in [2.45, 2.75) is 6.92 Å². The quantitative estimate of drug-likeness (QED) is 0.545. The number of aliphatic carboxylic acids is 1. The van der Waals surface area contributed by atoms with Crippen LogP contribution in [0.25, 0.3) is 0 Å². The maximum absolute atomic E-state index is 10.3. The number of carbonyl (C=O) groups is 1. The molecule has 0 atom stereocenters. The molecular formula is C9H10N2O2. The van der Waals surface area contributed by atoms with Gasteiger partial charge in [-0.2, -0.15) is 5.10 Å². The molecule has 0 heterocycles. The fraction of sp³-hybridized carbons (Fsp3) is 0.111. The largest absolute Gasteiger partial charge is 0.477 e. The Hall–Kier alpha value is -1.84. The molecule has 1 aromatic rings. The third-order valence-corrected chi connectivity index (χ3v) is 1.44. The number of para-hydroxylation sites is 1. The predicted octanol–water partition coefficient (Wildman–Crippen LogP) is 1.56. The second-order valence-electron chi connectivity index (χ2n) is 2.48. The first-order valence-electron chi connectivity index (χ1n) is 3.79. The molecule has 13 heavy (non-hydrogen) atoms. The summed E-state index contributed by atoms with van der Waals surface area (Å²) in [5.74, 6) is -1.02. The van der Waals surface area contributed by atoms with Crippen LogP contribution >= 0.6 is 0 Å². The van der Waals surface area contributed by atoms with Gasteiger partial charge in [0.2, 0.25) is 0 Å². The Morgan fingerprint density at radius 2 is 2.00 bits per heavy atom. The molecule has 0 radical (unpaired) electrons. The molecule has 0 bridgehead atoms. The molecule has 2 N–H and O–H groups in total. The van der Waals surface area contributed by atoms with Crippen LogP contribution in [0.3, 0.4) is 0 Å². The number of hydrogen-bond acceptors (Lipinski definition) is 3. The molecule has 4 nitrogen and oxygen atoms in total. The summed E-state index contributed by atoms with van der Waals surface area (Å²) >= 11 is 0. The SMILES string of the molecule is C/C(=N/Nc1ccccc1)C(=O)O. The fourth-order valence-corrected chi connectivity index (χ4v) is 0.709. The molecule has 0 aliphatic heterocycles. The molecule has 0 fully saturated rings. The first kappa shape index (κ1) is 9.25. The van der Waals surface area contributed by atoms with Gasteiger partial charge in [0.15, 0.2) is 0 Å². The van der Waals surface area contributed by atoms with Crippen LogP contribution in [-0.4, -0.2) is 16.8 Å². The van der Waals surface area contributed by atoms with Gasteiger partial charge >= 0.3 is 5.97 Å². The zero-order valence-corrected chi connectivity index (χ0v) is 7.19. The van der Waals surface area contributed by atoms with E-state index in [-0.39, 0.29) is 5.71 Å². The Kier molecular flexibility index (Phi) is 3.03. The van der Waals surface area contributed by atoms with Gasteiger partial charge < -0.3 is 5.11 Å². The van der Waals surface area contributed by atoms with Gasteiger partial charge in [0.1, 0.15) is 5.71 Å². The van der Waals surface area contributed by atoms with Crippen molar-refractivity contribution in [2.24, 2.45) is 5.10 Å². The van der Waals surface area contributed by atoms with E-state index in [0.717, 1.165) is 5.69 Å². The van der Waals surface area contributed by atoms with E-state index < -0.39 is 5.97 Å². The molecule has 1 rings (SSSR count). The van der Waals surface area contributed by atoms with Crippen LogP contribution in [0.15, 0.2) is 35.4 Å². The van der Waals surface area contributed by atoms with Gasteiger partial charge in [-0.25, -0.2) is 4.79 Å². The topological polar surface area (TPSA) is 61.7 Å². The standard InChI is InChI=1S/C9H10N2O2/c1-7(9(12)13)10-11-8-5-3-2-4-6-8/h2-6,11H,1H3,(H,12,13)/b10-7-. The van der Waals surface area contributed by atoms with Gasteiger partial charge in [-0.05, 0) is 19.1 Å². The van der Waals surface area contributed by atoms with E-state index in [4.69, 9.17) is 5.11 Å². The van der Waals surface area contributed by atoms with E-state index in [1.54, 1.807) is 12.1 Å². The zero-order valence-electron chi connectivity index (χ0n) is 7.19. The number of carboxylic acid groups (broad SMARTS) is 1. The third-order valence-electron chi connectivity index (χ3n) is 1.44. The lowest BCUT2D eigenvalue weighted by atomic mass is 10.3. The molecule has 0 amide bonds. The summed E-state index contributed by atoms with van der Waals surface area (Å²) in [6, 6.07) is 9.16. The molecule has 0 aliphatic carbocycles. The highest BCUT2D eigenvalue weighted by Crippen LogP contribution is 2.04. The number of anilines is 1. The second kappa shape index (κ2) is 4.25. The summed E-state index contributed by atoms with van der Waals surface area (Å²) in [4.78, 5) is 10.3. The van der Waals surface area contributed by atoms with Gasteiger partial charge in [0, 0.05) is 0 Å². The van der Waals surface area contributed by atoms with Crippen molar-refractivity contribution in [1.29, 1.82) is 0 Å². The number of carboxylic acids is 1. The monoisotopic (exact) mass is 178 g/mol. The Balaban J connectivity index is 2.62. The number of hydrazone groups is 1. The first-order valence-corrected chi connectivity index (χ1v) is 3.79. The van der Waals surface area contributed by atoms with Crippen molar-refractivity contribution in [1.82, 2.24) is 0 Å². The molecule has 0 aliphatic rings. The Bertz CT molecular complexity index is 320. The van der Waals surface area contributed by atoms with E-state index >= 15 is 0 Å². The van der Waals surface area contributed by atoms with Crippen molar-refractivity contribution in [3.63, 3.8) is 0 Å². The highest BCUT2D eigenvalue weighted by atomic mass is 16.4. The number of benzene rings is 1. The summed E-state index contributed by atoms with van der Waals surface area (Å²) in [6.07, 6.45) is 0. The Morgan fingerprint density at radius 1 is 1.38 bits per heavy atom. The minimum Gasteiger partial charge on any atom is -0.477 e. The average Bonchev–Trinajstić information content (AvgIpc) is 2.15. The molecule has 0 spiro atoms. The second-order valence-corrected chi connectivity index (χ2v) is 2.48. The Morgan fingerprint density at radius 3 is 2.54 bits per heavy atom. The van der Waals surface area contributed by atoms with Crippen molar-refractivity contribution < 1.29 is 9.90 Å². The molecule has 0 aromatic heterocycles. The fourth-order valence-electron chi connectivity index (χ4n) is 0.709. The third kappa shape index (κ3) is 2.94. The minimum absolute atomic E-state index is 0.0313. The van der Waals surface area contributed by atoms with Crippen LogP contribution in [-0.2, 0) is 4.79 Å².